The average molecular weight is 291 g/mol. The summed E-state index contributed by atoms with van der Waals surface area (Å²) in [5, 5.41) is 6.02. The summed E-state index contributed by atoms with van der Waals surface area (Å²) in [5.41, 5.74) is 7.98. The molecule has 1 fully saturated rings. The Balaban J connectivity index is 1.83. The third kappa shape index (κ3) is 4.63. The predicted octanol–water partition coefficient (Wildman–Crippen LogP) is 2.39. The lowest BCUT2D eigenvalue weighted by Gasteiger charge is -2.14. The summed E-state index contributed by atoms with van der Waals surface area (Å²) in [4.78, 5) is 11.8. The molecule has 1 amide bonds. The highest BCUT2D eigenvalue weighted by molar-refractivity contribution is 5.96. The minimum absolute atomic E-state index is 0.0808. The number of carbonyl (C=O) groups excluding carboxylic acids is 1. The number of hydrogen-bond acceptors (Lipinski definition) is 4. The Kier molecular flexibility index (Phi) is 5.87. The van der Waals surface area contributed by atoms with Crippen LogP contribution in [0.15, 0.2) is 18.2 Å². The monoisotopic (exact) mass is 291 g/mol. The largest absolute Gasteiger partial charge is 0.397 e. The van der Waals surface area contributed by atoms with Gasteiger partial charge in [0, 0.05) is 18.7 Å². The molecule has 5 heteroatoms. The lowest BCUT2D eigenvalue weighted by Crippen LogP contribution is -2.23. The van der Waals surface area contributed by atoms with E-state index in [0.717, 1.165) is 5.69 Å². The third-order valence-electron chi connectivity index (χ3n) is 3.73. The van der Waals surface area contributed by atoms with Crippen molar-refractivity contribution in [2.45, 2.75) is 38.7 Å². The van der Waals surface area contributed by atoms with E-state index in [1.165, 1.54) is 25.7 Å². The highest BCUT2D eigenvalue weighted by atomic mass is 16.5. The number of nitrogens with two attached hydrogens (primary N) is 1. The molecule has 0 bridgehead atoms. The van der Waals surface area contributed by atoms with Gasteiger partial charge in [-0.1, -0.05) is 12.8 Å². The van der Waals surface area contributed by atoms with Gasteiger partial charge in [0.2, 0.25) is 0 Å². The summed E-state index contributed by atoms with van der Waals surface area (Å²) in [6.45, 7) is 3.87. The summed E-state index contributed by atoms with van der Waals surface area (Å²) in [6.07, 6.45) is 5.33. The van der Waals surface area contributed by atoms with Crippen LogP contribution < -0.4 is 16.4 Å². The maximum absolute atomic E-state index is 11.8. The van der Waals surface area contributed by atoms with Crippen LogP contribution in [0, 0.1) is 0 Å². The molecule has 1 saturated carbocycles. The van der Waals surface area contributed by atoms with Crippen LogP contribution in [-0.4, -0.2) is 31.7 Å². The molecule has 2 rings (SSSR count). The molecule has 0 aromatic heterocycles. The molecule has 116 valence electrons. The summed E-state index contributed by atoms with van der Waals surface area (Å²) in [5.74, 6) is -0.0808. The number of nitrogen functional groups attached to an aromatic ring is 1. The smallest absolute Gasteiger partial charge is 0.251 e. The second kappa shape index (κ2) is 7.88. The molecule has 21 heavy (non-hydrogen) atoms. The Morgan fingerprint density at radius 2 is 2.14 bits per heavy atom. The summed E-state index contributed by atoms with van der Waals surface area (Å²) >= 11 is 0. The van der Waals surface area contributed by atoms with Gasteiger partial charge >= 0.3 is 0 Å². The quantitative estimate of drug-likeness (QED) is 0.532. The van der Waals surface area contributed by atoms with Crippen molar-refractivity contribution in [1.82, 2.24) is 5.32 Å². The van der Waals surface area contributed by atoms with Crippen molar-refractivity contribution in [3.63, 3.8) is 0 Å². The number of benzene rings is 1. The highest BCUT2D eigenvalue weighted by Crippen LogP contribution is 2.22. The van der Waals surface area contributed by atoms with Crippen molar-refractivity contribution in [2.24, 2.45) is 0 Å². The number of carbonyl (C=O) groups is 1. The fourth-order valence-electron chi connectivity index (χ4n) is 2.58. The lowest BCUT2D eigenvalue weighted by molar-refractivity contribution is 0.0659. The van der Waals surface area contributed by atoms with E-state index in [1.807, 2.05) is 6.92 Å². The van der Waals surface area contributed by atoms with Crippen LogP contribution in [0.25, 0.3) is 0 Å². The molecule has 0 unspecified atom stereocenters. The van der Waals surface area contributed by atoms with E-state index in [1.54, 1.807) is 18.2 Å². The molecule has 4 N–H and O–H groups in total. The number of anilines is 2. The van der Waals surface area contributed by atoms with E-state index in [4.69, 9.17) is 10.5 Å². The van der Waals surface area contributed by atoms with Gasteiger partial charge in [-0.25, -0.2) is 0 Å². The topological polar surface area (TPSA) is 76.4 Å². The van der Waals surface area contributed by atoms with Crippen LogP contribution in [0.2, 0.25) is 0 Å². The van der Waals surface area contributed by atoms with Crippen molar-refractivity contribution in [1.29, 1.82) is 0 Å². The fourth-order valence-corrected chi connectivity index (χ4v) is 2.58. The van der Waals surface area contributed by atoms with Gasteiger partial charge in [-0.3, -0.25) is 4.79 Å². The first-order valence-electron chi connectivity index (χ1n) is 7.74. The molecule has 0 heterocycles. The van der Waals surface area contributed by atoms with Crippen molar-refractivity contribution in [3.8, 4) is 0 Å². The average Bonchev–Trinajstić information content (AvgIpc) is 2.98. The van der Waals surface area contributed by atoms with Crippen molar-refractivity contribution in [2.75, 3.05) is 30.7 Å². The molecule has 5 nitrogen and oxygen atoms in total. The van der Waals surface area contributed by atoms with Crippen LogP contribution in [0.3, 0.4) is 0 Å². The number of hydrogen-bond donors (Lipinski definition) is 3. The van der Waals surface area contributed by atoms with Gasteiger partial charge in [0.05, 0.1) is 24.1 Å². The van der Waals surface area contributed by atoms with Gasteiger partial charge in [-0.15, -0.1) is 0 Å². The van der Waals surface area contributed by atoms with Crippen molar-refractivity contribution >= 4 is 17.3 Å². The summed E-state index contributed by atoms with van der Waals surface area (Å²) in [7, 11) is 0. The standard InChI is InChI=1S/C16H25N3O2/c1-2-18-16(20)12-7-8-14(17)15(11-12)19-9-10-21-13-5-3-4-6-13/h7-8,11,13,19H,2-6,9-10,17H2,1H3,(H,18,20). The van der Waals surface area contributed by atoms with Crippen LogP contribution in [0.4, 0.5) is 11.4 Å². The zero-order valence-electron chi connectivity index (χ0n) is 12.7. The first kappa shape index (κ1) is 15.6. The summed E-state index contributed by atoms with van der Waals surface area (Å²) in [6, 6.07) is 5.28. The molecule has 0 aliphatic heterocycles. The maximum atomic E-state index is 11.8. The molecule has 0 spiro atoms. The molecule has 0 atom stereocenters. The lowest BCUT2D eigenvalue weighted by atomic mass is 10.1. The number of amides is 1. The van der Waals surface area contributed by atoms with Gasteiger partial charge in [-0.05, 0) is 38.0 Å². The van der Waals surface area contributed by atoms with E-state index >= 15 is 0 Å². The Bertz CT molecular complexity index is 471. The third-order valence-corrected chi connectivity index (χ3v) is 3.73. The minimum atomic E-state index is -0.0808. The number of nitrogens with one attached hydrogen (secondary N) is 2. The molecule has 0 saturated heterocycles. The normalized spacial score (nSPS) is 15.1. The Labute approximate surface area is 126 Å². The number of rotatable bonds is 7. The van der Waals surface area contributed by atoms with E-state index in [-0.39, 0.29) is 5.91 Å². The van der Waals surface area contributed by atoms with Crippen LogP contribution >= 0.6 is 0 Å². The van der Waals surface area contributed by atoms with Crippen LogP contribution in [0.1, 0.15) is 43.0 Å². The molecule has 1 aromatic rings. The first-order valence-corrected chi connectivity index (χ1v) is 7.74. The van der Waals surface area contributed by atoms with Gasteiger partial charge in [0.25, 0.3) is 5.91 Å². The zero-order chi connectivity index (χ0) is 15.1. The Morgan fingerprint density at radius 3 is 2.86 bits per heavy atom. The predicted molar refractivity (Wildman–Crippen MR) is 85.6 cm³/mol. The fraction of sp³-hybridized carbons (Fsp3) is 0.562. The Hall–Kier alpha value is -1.75. The second-order valence-corrected chi connectivity index (χ2v) is 5.37. The highest BCUT2D eigenvalue weighted by Gasteiger charge is 2.14. The van der Waals surface area contributed by atoms with Gasteiger partial charge < -0.3 is 21.1 Å². The number of ether oxygens (including phenoxy) is 1. The van der Waals surface area contributed by atoms with Gasteiger partial charge in [-0.2, -0.15) is 0 Å². The first-order chi connectivity index (χ1) is 10.2. The summed E-state index contributed by atoms with van der Waals surface area (Å²) < 4.78 is 5.80. The zero-order valence-corrected chi connectivity index (χ0v) is 12.7. The molecular formula is C16H25N3O2. The van der Waals surface area contributed by atoms with Crippen molar-refractivity contribution in [3.05, 3.63) is 23.8 Å². The van der Waals surface area contributed by atoms with E-state index < -0.39 is 0 Å². The van der Waals surface area contributed by atoms with Crippen LogP contribution in [-0.2, 0) is 4.74 Å². The van der Waals surface area contributed by atoms with Gasteiger partial charge in [0.1, 0.15) is 0 Å². The molecule has 0 radical (unpaired) electrons. The van der Waals surface area contributed by atoms with Gasteiger partial charge in [0.15, 0.2) is 0 Å². The molecule has 1 aliphatic rings. The van der Waals surface area contributed by atoms with Crippen LogP contribution in [0.5, 0.6) is 0 Å². The SMILES string of the molecule is CCNC(=O)c1ccc(N)c(NCCOC2CCCC2)c1. The molecular weight excluding hydrogens is 266 g/mol. The second-order valence-electron chi connectivity index (χ2n) is 5.37. The molecule has 1 aliphatic carbocycles. The van der Waals surface area contributed by atoms with E-state index in [9.17, 15) is 4.79 Å². The molecule has 1 aromatic carbocycles. The van der Waals surface area contributed by atoms with Crippen molar-refractivity contribution < 1.29 is 9.53 Å². The van der Waals surface area contributed by atoms with E-state index in [2.05, 4.69) is 10.6 Å². The maximum Gasteiger partial charge on any atom is 0.251 e. The van der Waals surface area contributed by atoms with E-state index in [0.29, 0.717) is 37.1 Å². The Morgan fingerprint density at radius 1 is 1.38 bits per heavy atom. The minimum Gasteiger partial charge on any atom is -0.397 e.